The molecule has 2 rings (SSSR count). The molecule has 1 saturated heterocycles. The Kier molecular flexibility index (Phi) is 1.99. The lowest BCUT2D eigenvalue weighted by molar-refractivity contribution is -0.123. The number of piperidine rings is 1. The van der Waals surface area contributed by atoms with Crippen molar-refractivity contribution in [3.63, 3.8) is 0 Å². The van der Waals surface area contributed by atoms with Crippen molar-refractivity contribution in [2.45, 2.75) is 52.1 Å². The van der Waals surface area contributed by atoms with Crippen molar-refractivity contribution in [3.8, 4) is 0 Å². The van der Waals surface area contributed by atoms with Gasteiger partial charge in [-0.05, 0) is 18.8 Å². The van der Waals surface area contributed by atoms with Gasteiger partial charge in [-0.25, -0.2) is 0 Å². The molecule has 0 amide bonds. The Bertz CT molecular complexity index is 234. The second kappa shape index (κ2) is 2.81. The smallest absolute Gasteiger partial charge is 0.135 e. The molecular formula is C11H19NO. The van der Waals surface area contributed by atoms with Crippen LogP contribution in [0.15, 0.2) is 0 Å². The molecule has 0 N–H and O–H groups in total. The lowest BCUT2D eigenvalue weighted by atomic mass is 10.0. The third kappa shape index (κ3) is 1.64. The van der Waals surface area contributed by atoms with Crippen LogP contribution in [0, 0.1) is 5.41 Å². The zero-order valence-electron chi connectivity index (χ0n) is 8.84. The van der Waals surface area contributed by atoms with Crippen molar-refractivity contribution in [2.24, 2.45) is 5.41 Å². The minimum absolute atomic E-state index is 0.446. The second-order valence-electron chi connectivity index (χ2n) is 5.29. The van der Waals surface area contributed by atoms with E-state index in [1.807, 2.05) is 0 Å². The van der Waals surface area contributed by atoms with Gasteiger partial charge in [0.15, 0.2) is 0 Å². The summed E-state index contributed by atoms with van der Waals surface area (Å²) in [6.45, 7) is 7.82. The topological polar surface area (TPSA) is 20.3 Å². The van der Waals surface area contributed by atoms with Crippen molar-refractivity contribution >= 4 is 5.78 Å². The van der Waals surface area contributed by atoms with Crippen LogP contribution in [0.1, 0.15) is 40.0 Å². The fraction of sp³-hybridized carbons (Fsp3) is 0.909. The zero-order valence-corrected chi connectivity index (χ0v) is 8.84. The predicted molar refractivity (Wildman–Crippen MR) is 52.6 cm³/mol. The predicted octanol–water partition coefficient (Wildman–Crippen LogP) is 1.84. The van der Waals surface area contributed by atoms with Gasteiger partial charge in [-0.2, -0.15) is 0 Å². The van der Waals surface area contributed by atoms with Crippen molar-refractivity contribution < 1.29 is 4.79 Å². The molecule has 0 aromatic carbocycles. The summed E-state index contributed by atoms with van der Waals surface area (Å²) in [5.41, 5.74) is 0.509. The van der Waals surface area contributed by atoms with E-state index in [0.717, 1.165) is 25.4 Å². The van der Waals surface area contributed by atoms with Gasteiger partial charge >= 0.3 is 0 Å². The van der Waals surface area contributed by atoms with Gasteiger partial charge in [-0.15, -0.1) is 0 Å². The zero-order chi connectivity index (χ0) is 9.64. The number of likely N-dealkylation sites (tertiary alicyclic amines) is 1. The summed E-state index contributed by atoms with van der Waals surface area (Å²) < 4.78 is 0. The first-order valence-electron chi connectivity index (χ1n) is 5.28. The highest BCUT2D eigenvalue weighted by atomic mass is 16.1. The molecule has 2 nitrogen and oxygen atoms in total. The van der Waals surface area contributed by atoms with Crippen LogP contribution in [-0.2, 0) is 4.79 Å². The van der Waals surface area contributed by atoms with Crippen LogP contribution in [0.5, 0.6) is 0 Å². The van der Waals surface area contributed by atoms with Crippen LogP contribution in [0.25, 0.3) is 0 Å². The molecule has 2 aliphatic rings. The molecule has 2 heteroatoms. The van der Waals surface area contributed by atoms with Crippen LogP contribution in [-0.4, -0.2) is 29.3 Å². The van der Waals surface area contributed by atoms with Crippen LogP contribution in [0.2, 0.25) is 0 Å². The number of ketones is 1. The lowest BCUT2D eigenvalue weighted by Gasteiger charge is -2.33. The molecule has 0 bridgehead atoms. The molecule has 0 aromatic rings. The highest BCUT2D eigenvalue weighted by molar-refractivity contribution is 5.79. The molecule has 1 heterocycles. The normalized spacial score (nSPS) is 39.2. The molecule has 1 aliphatic carbocycles. The summed E-state index contributed by atoms with van der Waals surface area (Å²) in [4.78, 5) is 13.7. The first kappa shape index (κ1) is 9.20. The summed E-state index contributed by atoms with van der Waals surface area (Å²) in [7, 11) is 0. The third-order valence-electron chi connectivity index (χ3n) is 3.60. The number of carbonyl (C=O) groups is 1. The molecule has 2 unspecified atom stereocenters. The number of hydrogen-bond acceptors (Lipinski definition) is 2. The Balaban J connectivity index is 1.98. The van der Waals surface area contributed by atoms with Gasteiger partial charge in [-0.3, -0.25) is 9.69 Å². The van der Waals surface area contributed by atoms with Gasteiger partial charge < -0.3 is 0 Å². The Labute approximate surface area is 80.3 Å². The average Bonchev–Trinajstić information content (AvgIpc) is 2.59. The molecule has 0 aromatic heterocycles. The summed E-state index contributed by atoms with van der Waals surface area (Å²) in [6, 6.07) is 1.23. The van der Waals surface area contributed by atoms with Crippen molar-refractivity contribution in [3.05, 3.63) is 0 Å². The molecule has 2 fully saturated rings. The highest BCUT2D eigenvalue weighted by Crippen LogP contribution is 2.49. The Morgan fingerprint density at radius 1 is 1.46 bits per heavy atom. The maximum absolute atomic E-state index is 11.2. The maximum Gasteiger partial charge on any atom is 0.135 e. The second-order valence-corrected chi connectivity index (χ2v) is 5.29. The highest BCUT2D eigenvalue weighted by Gasteiger charge is 2.51. The first-order chi connectivity index (χ1) is 6.00. The van der Waals surface area contributed by atoms with Gasteiger partial charge in [0.05, 0.1) is 0 Å². The summed E-state index contributed by atoms with van der Waals surface area (Å²) in [6.07, 6.45) is 2.86. The van der Waals surface area contributed by atoms with Gasteiger partial charge in [-0.1, -0.05) is 13.8 Å². The number of Topliss-reactive ketones (excluding diaryl/α,β-unsaturated/α-hetero) is 1. The molecular weight excluding hydrogens is 162 g/mol. The van der Waals surface area contributed by atoms with E-state index in [1.165, 1.54) is 6.42 Å². The molecule has 1 aliphatic heterocycles. The quantitative estimate of drug-likeness (QED) is 0.615. The number of hydrogen-bond donors (Lipinski definition) is 0. The van der Waals surface area contributed by atoms with E-state index in [9.17, 15) is 4.79 Å². The van der Waals surface area contributed by atoms with Crippen molar-refractivity contribution in [1.29, 1.82) is 0 Å². The number of rotatable bonds is 1. The van der Waals surface area contributed by atoms with E-state index in [1.54, 1.807) is 0 Å². The molecule has 0 spiro atoms. The molecule has 13 heavy (non-hydrogen) atoms. The molecule has 2 atom stereocenters. The Hall–Kier alpha value is -0.370. The summed E-state index contributed by atoms with van der Waals surface area (Å²) in [5.74, 6) is 0.446. The van der Waals surface area contributed by atoms with Gasteiger partial charge in [0.2, 0.25) is 0 Å². The van der Waals surface area contributed by atoms with Crippen LogP contribution >= 0.6 is 0 Å². The third-order valence-corrected chi connectivity index (χ3v) is 3.60. The van der Waals surface area contributed by atoms with Crippen LogP contribution < -0.4 is 0 Å². The summed E-state index contributed by atoms with van der Waals surface area (Å²) in [5, 5.41) is 0. The van der Waals surface area contributed by atoms with Crippen molar-refractivity contribution in [1.82, 2.24) is 4.90 Å². The van der Waals surface area contributed by atoms with Gasteiger partial charge in [0, 0.05) is 31.5 Å². The van der Waals surface area contributed by atoms with Crippen LogP contribution in [0.4, 0.5) is 0 Å². The van der Waals surface area contributed by atoms with Gasteiger partial charge in [0.25, 0.3) is 0 Å². The molecule has 1 saturated carbocycles. The fourth-order valence-corrected chi connectivity index (χ4v) is 2.49. The van der Waals surface area contributed by atoms with E-state index < -0.39 is 0 Å². The van der Waals surface area contributed by atoms with Crippen molar-refractivity contribution in [2.75, 3.05) is 6.54 Å². The largest absolute Gasteiger partial charge is 0.300 e. The van der Waals surface area contributed by atoms with Crippen LogP contribution in [0.3, 0.4) is 0 Å². The maximum atomic E-state index is 11.2. The first-order valence-corrected chi connectivity index (χ1v) is 5.28. The average molecular weight is 181 g/mol. The Morgan fingerprint density at radius 3 is 2.54 bits per heavy atom. The molecule has 0 radical (unpaired) electrons. The van der Waals surface area contributed by atoms with E-state index >= 15 is 0 Å². The van der Waals surface area contributed by atoms with E-state index in [-0.39, 0.29) is 0 Å². The standard InChI is InChI=1S/C11H19NO/c1-8-6-9(13)4-5-12(8)10-7-11(10,2)3/h8,10H,4-7H2,1-3H3. The Morgan fingerprint density at radius 2 is 2.08 bits per heavy atom. The number of nitrogens with zero attached hydrogens (tertiary/aromatic N) is 1. The fourth-order valence-electron chi connectivity index (χ4n) is 2.49. The van der Waals surface area contributed by atoms with Gasteiger partial charge in [0.1, 0.15) is 5.78 Å². The van der Waals surface area contributed by atoms with E-state index in [4.69, 9.17) is 0 Å². The SMILES string of the molecule is CC1CC(=O)CCN1C1CC1(C)C. The monoisotopic (exact) mass is 181 g/mol. The minimum Gasteiger partial charge on any atom is -0.300 e. The van der Waals surface area contributed by atoms with E-state index in [0.29, 0.717) is 17.2 Å². The lowest BCUT2D eigenvalue weighted by Crippen LogP contribution is -2.43. The van der Waals surface area contributed by atoms with E-state index in [2.05, 4.69) is 25.7 Å². The summed E-state index contributed by atoms with van der Waals surface area (Å²) >= 11 is 0. The minimum atomic E-state index is 0.446. The molecule has 74 valence electrons. The number of carbonyl (C=O) groups excluding carboxylic acids is 1.